The van der Waals surface area contributed by atoms with Gasteiger partial charge in [0.05, 0.1) is 0 Å². The van der Waals surface area contributed by atoms with Crippen molar-refractivity contribution in [2.24, 2.45) is 0 Å². The number of benzene rings is 1. The molecule has 13 heavy (non-hydrogen) atoms. The molecule has 66 valence electrons. The van der Waals surface area contributed by atoms with Gasteiger partial charge in [-0.1, -0.05) is 29.8 Å². The first-order chi connectivity index (χ1) is 6.25. The summed E-state index contributed by atoms with van der Waals surface area (Å²) in [5.74, 6) is 0. The van der Waals surface area contributed by atoms with Crippen LogP contribution in [-0.4, -0.2) is 0 Å². The summed E-state index contributed by atoms with van der Waals surface area (Å²) in [4.78, 5) is 1.31. The second-order valence-electron chi connectivity index (χ2n) is 3.00. The van der Waals surface area contributed by atoms with E-state index in [1.807, 2.05) is 0 Å². The molecule has 0 atom stereocenters. The lowest BCUT2D eigenvalue weighted by Crippen LogP contribution is -1.72. The van der Waals surface area contributed by atoms with Crippen LogP contribution in [0, 0.1) is 6.92 Å². The topological polar surface area (TPSA) is 0 Å². The van der Waals surface area contributed by atoms with E-state index < -0.39 is 0 Å². The van der Waals surface area contributed by atoms with Gasteiger partial charge < -0.3 is 0 Å². The number of thiophene rings is 1. The highest BCUT2D eigenvalue weighted by molar-refractivity contribution is 9.10. The summed E-state index contributed by atoms with van der Waals surface area (Å²) in [7, 11) is 0. The Bertz CT molecular complexity index is 400. The highest BCUT2D eigenvalue weighted by Crippen LogP contribution is 2.29. The van der Waals surface area contributed by atoms with Crippen molar-refractivity contribution in [2.75, 3.05) is 0 Å². The Morgan fingerprint density at radius 2 is 1.85 bits per heavy atom. The van der Waals surface area contributed by atoms with Crippen LogP contribution >= 0.6 is 27.3 Å². The summed E-state index contributed by atoms with van der Waals surface area (Å²) in [6.45, 7) is 2.11. The molecule has 0 N–H and O–H groups in total. The summed E-state index contributed by atoms with van der Waals surface area (Å²) in [5.41, 5.74) is 2.60. The minimum Gasteiger partial charge on any atom is -0.143 e. The highest BCUT2D eigenvalue weighted by atomic mass is 79.9. The Morgan fingerprint density at radius 3 is 2.38 bits per heavy atom. The number of rotatable bonds is 1. The van der Waals surface area contributed by atoms with E-state index in [0.29, 0.717) is 0 Å². The Labute approximate surface area is 90.4 Å². The normalized spacial score (nSPS) is 10.3. The van der Waals surface area contributed by atoms with Gasteiger partial charge in [0.2, 0.25) is 0 Å². The molecular weight excluding hydrogens is 244 g/mol. The molecule has 0 spiro atoms. The van der Waals surface area contributed by atoms with Gasteiger partial charge in [-0.3, -0.25) is 0 Å². The van der Waals surface area contributed by atoms with Crippen molar-refractivity contribution in [3.63, 3.8) is 0 Å². The summed E-state index contributed by atoms with van der Waals surface area (Å²) in [6.07, 6.45) is 0. The molecule has 0 aliphatic rings. The van der Waals surface area contributed by atoms with Crippen molar-refractivity contribution in [1.82, 2.24) is 0 Å². The van der Waals surface area contributed by atoms with Gasteiger partial charge >= 0.3 is 0 Å². The molecule has 0 fully saturated rings. The van der Waals surface area contributed by atoms with Crippen molar-refractivity contribution >= 4 is 27.3 Å². The monoisotopic (exact) mass is 252 g/mol. The minimum atomic E-state index is 1.16. The van der Waals surface area contributed by atoms with E-state index in [0.717, 1.165) is 4.47 Å². The first kappa shape index (κ1) is 8.97. The standard InChI is InChI=1S/C11H9BrS/c1-8-2-4-9(5-3-8)11-6-10(12)7-13-11/h2-7H,1H3. The zero-order valence-electron chi connectivity index (χ0n) is 7.25. The number of hydrogen-bond acceptors (Lipinski definition) is 1. The lowest BCUT2D eigenvalue weighted by atomic mass is 10.1. The van der Waals surface area contributed by atoms with E-state index >= 15 is 0 Å². The number of aryl methyl sites for hydroxylation is 1. The molecule has 2 aromatic rings. The fourth-order valence-electron chi connectivity index (χ4n) is 1.18. The van der Waals surface area contributed by atoms with Crippen LogP contribution in [0.25, 0.3) is 10.4 Å². The molecule has 0 saturated carbocycles. The summed E-state index contributed by atoms with van der Waals surface area (Å²) in [6, 6.07) is 10.8. The quantitative estimate of drug-likeness (QED) is 0.702. The molecule has 2 rings (SSSR count). The van der Waals surface area contributed by atoms with Crippen molar-refractivity contribution in [2.45, 2.75) is 6.92 Å². The maximum absolute atomic E-state index is 3.45. The second kappa shape index (κ2) is 3.64. The molecule has 0 amide bonds. The van der Waals surface area contributed by atoms with Gasteiger partial charge in [-0.15, -0.1) is 11.3 Å². The lowest BCUT2D eigenvalue weighted by molar-refractivity contribution is 1.48. The van der Waals surface area contributed by atoms with Crippen LogP contribution in [0.5, 0.6) is 0 Å². The minimum absolute atomic E-state index is 1.16. The van der Waals surface area contributed by atoms with E-state index in [-0.39, 0.29) is 0 Å². The summed E-state index contributed by atoms with van der Waals surface area (Å²) < 4.78 is 1.16. The summed E-state index contributed by atoms with van der Waals surface area (Å²) in [5, 5.41) is 2.11. The molecule has 1 aromatic heterocycles. The van der Waals surface area contributed by atoms with E-state index in [1.54, 1.807) is 11.3 Å². The number of hydrogen-bond donors (Lipinski definition) is 0. The average molecular weight is 253 g/mol. The SMILES string of the molecule is Cc1ccc(-c2cc(Br)cs2)cc1. The molecule has 0 saturated heterocycles. The van der Waals surface area contributed by atoms with Gasteiger partial charge in [0.15, 0.2) is 0 Å². The molecule has 0 nitrogen and oxygen atoms in total. The van der Waals surface area contributed by atoms with Crippen molar-refractivity contribution in [1.29, 1.82) is 0 Å². The molecule has 0 aliphatic heterocycles. The van der Waals surface area contributed by atoms with Crippen molar-refractivity contribution < 1.29 is 0 Å². The second-order valence-corrected chi connectivity index (χ2v) is 4.82. The fraction of sp³-hybridized carbons (Fsp3) is 0.0909. The maximum atomic E-state index is 3.45. The third-order valence-corrected chi connectivity index (χ3v) is 3.64. The van der Waals surface area contributed by atoms with Crippen molar-refractivity contribution in [3.8, 4) is 10.4 Å². The van der Waals surface area contributed by atoms with Gasteiger partial charge in [0, 0.05) is 14.7 Å². The zero-order valence-corrected chi connectivity index (χ0v) is 9.65. The Balaban J connectivity index is 2.41. The third-order valence-electron chi connectivity index (χ3n) is 1.90. The highest BCUT2D eigenvalue weighted by Gasteiger charge is 1.99. The van der Waals surface area contributed by atoms with Gasteiger partial charge in [-0.05, 0) is 34.5 Å². The van der Waals surface area contributed by atoms with Gasteiger partial charge in [0.1, 0.15) is 0 Å². The van der Waals surface area contributed by atoms with E-state index in [9.17, 15) is 0 Å². The average Bonchev–Trinajstić information content (AvgIpc) is 2.53. The van der Waals surface area contributed by atoms with Crippen LogP contribution in [0.3, 0.4) is 0 Å². The van der Waals surface area contributed by atoms with Gasteiger partial charge in [-0.2, -0.15) is 0 Å². The first-order valence-electron chi connectivity index (χ1n) is 4.07. The maximum Gasteiger partial charge on any atom is 0.0354 e. The Kier molecular flexibility index (Phi) is 2.51. The van der Waals surface area contributed by atoms with Crippen molar-refractivity contribution in [3.05, 3.63) is 45.7 Å². The molecule has 0 aliphatic carbocycles. The first-order valence-corrected chi connectivity index (χ1v) is 5.74. The predicted octanol–water partition coefficient (Wildman–Crippen LogP) is 4.49. The lowest BCUT2D eigenvalue weighted by Gasteiger charge is -1.96. The molecule has 0 unspecified atom stereocenters. The van der Waals surface area contributed by atoms with Crippen LogP contribution in [-0.2, 0) is 0 Å². The van der Waals surface area contributed by atoms with Crippen LogP contribution in [0.2, 0.25) is 0 Å². The smallest absolute Gasteiger partial charge is 0.0354 e. The van der Waals surface area contributed by atoms with Gasteiger partial charge in [0.25, 0.3) is 0 Å². The van der Waals surface area contributed by atoms with Crippen LogP contribution < -0.4 is 0 Å². The molecule has 1 aromatic carbocycles. The molecule has 1 heterocycles. The summed E-state index contributed by atoms with van der Waals surface area (Å²) >= 11 is 5.22. The van der Waals surface area contributed by atoms with Crippen LogP contribution in [0.4, 0.5) is 0 Å². The van der Waals surface area contributed by atoms with Gasteiger partial charge in [-0.25, -0.2) is 0 Å². The van der Waals surface area contributed by atoms with Crippen LogP contribution in [0.15, 0.2) is 40.2 Å². The fourth-order valence-corrected chi connectivity index (χ4v) is 2.62. The van der Waals surface area contributed by atoms with E-state index in [2.05, 4.69) is 58.6 Å². The molecule has 2 heteroatoms. The number of halogens is 1. The Hall–Kier alpha value is -0.600. The molecular formula is C11H9BrS. The largest absolute Gasteiger partial charge is 0.143 e. The predicted molar refractivity (Wildman–Crippen MR) is 62.2 cm³/mol. The zero-order chi connectivity index (χ0) is 9.26. The van der Waals surface area contributed by atoms with Crippen LogP contribution in [0.1, 0.15) is 5.56 Å². The Morgan fingerprint density at radius 1 is 1.15 bits per heavy atom. The van der Waals surface area contributed by atoms with E-state index in [4.69, 9.17) is 0 Å². The third kappa shape index (κ3) is 2.01. The molecule has 0 radical (unpaired) electrons. The molecule has 0 bridgehead atoms. The van der Waals surface area contributed by atoms with E-state index in [1.165, 1.54) is 16.0 Å².